The molecule has 8 heteroatoms. The number of hydrogen-bond acceptors (Lipinski definition) is 7. The number of nitrogens with zero attached hydrogens (tertiary/aromatic N) is 5. The first-order valence-electron chi connectivity index (χ1n) is 14.9. The van der Waals surface area contributed by atoms with E-state index in [4.69, 9.17) is 9.72 Å². The first-order chi connectivity index (χ1) is 20.6. The second-order valence-corrected chi connectivity index (χ2v) is 12.6. The van der Waals surface area contributed by atoms with Gasteiger partial charge in [0.15, 0.2) is 0 Å². The largest absolute Gasteiger partial charge is 0.497 e. The fraction of sp³-hybridized carbons (Fsp3) is 0.353. The summed E-state index contributed by atoms with van der Waals surface area (Å²) in [5.74, 6) is 0.872. The molecule has 0 bridgehead atoms. The van der Waals surface area contributed by atoms with Crippen molar-refractivity contribution in [3.05, 3.63) is 98.9 Å². The molecular formula is C34H37N5O2S. The van der Waals surface area contributed by atoms with E-state index in [1.165, 1.54) is 38.0 Å². The van der Waals surface area contributed by atoms with Crippen molar-refractivity contribution in [1.29, 1.82) is 0 Å². The fourth-order valence-electron chi connectivity index (χ4n) is 6.57. The molecule has 7 rings (SSSR count). The van der Waals surface area contributed by atoms with Crippen molar-refractivity contribution in [2.45, 2.75) is 33.0 Å². The van der Waals surface area contributed by atoms with Crippen LogP contribution >= 0.6 is 11.3 Å². The first kappa shape index (κ1) is 27.1. The van der Waals surface area contributed by atoms with Crippen molar-refractivity contribution in [2.24, 2.45) is 0 Å². The van der Waals surface area contributed by atoms with Gasteiger partial charge in [-0.3, -0.25) is 19.2 Å². The minimum atomic E-state index is 0.105. The Morgan fingerprint density at radius 2 is 1.71 bits per heavy atom. The van der Waals surface area contributed by atoms with Crippen LogP contribution in [-0.4, -0.2) is 65.7 Å². The lowest BCUT2D eigenvalue weighted by Crippen LogP contribution is -2.47. The fourth-order valence-corrected chi connectivity index (χ4v) is 7.70. The molecular weight excluding hydrogens is 542 g/mol. The molecule has 0 amide bonds. The Morgan fingerprint density at radius 3 is 2.52 bits per heavy atom. The Morgan fingerprint density at radius 1 is 0.905 bits per heavy atom. The van der Waals surface area contributed by atoms with E-state index in [9.17, 15) is 4.79 Å². The third-order valence-corrected chi connectivity index (χ3v) is 10.1. The summed E-state index contributed by atoms with van der Waals surface area (Å²) in [6.07, 6.45) is 2.73. The van der Waals surface area contributed by atoms with Crippen LogP contribution in [0.5, 0.6) is 5.75 Å². The monoisotopic (exact) mass is 579 g/mol. The first-order valence-corrected chi connectivity index (χ1v) is 15.7. The van der Waals surface area contributed by atoms with Gasteiger partial charge in [0, 0.05) is 74.9 Å². The zero-order valence-electron chi connectivity index (χ0n) is 24.4. The molecule has 1 fully saturated rings. The van der Waals surface area contributed by atoms with Crippen LogP contribution < -0.4 is 15.2 Å². The van der Waals surface area contributed by atoms with Crippen LogP contribution in [0.2, 0.25) is 0 Å². The third-order valence-electron chi connectivity index (χ3n) is 8.91. The van der Waals surface area contributed by atoms with Gasteiger partial charge < -0.3 is 9.64 Å². The Kier molecular flexibility index (Phi) is 7.44. The molecule has 3 aromatic carbocycles. The van der Waals surface area contributed by atoms with Gasteiger partial charge in [0.25, 0.3) is 5.56 Å². The summed E-state index contributed by atoms with van der Waals surface area (Å²) in [5.41, 5.74) is 5.23. The molecule has 1 saturated heterocycles. The number of piperazine rings is 1. The maximum absolute atomic E-state index is 13.7. The lowest BCUT2D eigenvalue weighted by molar-refractivity contribution is 0.246. The molecule has 2 aliphatic heterocycles. The van der Waals surface area contributed by atoms with Crippen LogP contribution in [0, 0.1) is 6.92 Å². The summed E-state index contributed by atoms with van der Waals surface area (Å²) >= 11 is 1.70. The highest BCUT2D eigenvalue weighted by molar-refractivity contribution is 7.18. The molecule has 4 heterocycles. The van der Waals surface area contributed by atoms with Crippen molar-refractivity contribution >= 4 is 38.0 Å². The number of rotatable bonds is 7. The zero-order valence-corrected chi connectivity index (χ0v) is 25.2. The van der Waals surface area contributed by atoms with Gasteiger partial charge in [-0.25, -0.2) is 4.98 Å². The van der Waals surface area contributed by atoms with E-state index >= 15 is 0 Å². The summed E-state index contributed by atoms with van der Waals surface area (Å²) < 4.78 is 7.14. The number of thiophene rings is 1. The second kappa shape index (κ2) is 11.5. The van der Waals surface area contributed by atoms with Crippen LogP contribution in [0.1, 0.15) is 21.6 Å². The Labute approximate surface area is 250 Å². The van der Waals surface area contributed by atoms with Crippen molar-refractivity contribution in [3.8, 4) is 5.75 Å². The number of anilines is 1. The molecule has 0 aliphatic carbocycles. The molecule has 42 heavy (non-hydrogen) atoms. The summed E-state index contributed by atoms with van der Waals surface area (Å²) in [5, 5.41) is 3.45. The lowest BCUT2D eigenvalue weighted by Gasteiger charge is -2.37. The van der Waals surface area contributed by atoms with Gasteiger partial charge in [-0.1, -0.05) is 48.5 Å². The summed E-state index contributed by atoms with van der Waals surface area (Å²) in [6, 6.07) is 21.4. The van der Waals surface area contributed by atoms with Gasteiger partial charge in [0.2, 0.25) is 0 Å². The summed E-state index contributed by atoms with van der Waals surface area (Å²) in [4.78, 5) is 28.1. The highest BCUT2D eigenvalue weighted by atomic mass is 32.1. The van der Waals surface area contributed by atoms with E-state index in [2.05, 4.69) is 70.2 Å². The average molecular weight is 580 g/mol. The molecule has 0 N–H and O–H groups in total. The minimum absolute atomic E-state index is 0.105. The number of aromatic nitrogens is 2. The highest BCUT2D eigenvalue weighted by Crippen LogP contribution is 2.33. The van der Waals surface area contributed by atoms with E-state index in [1.807, 2.05) is 16.7 Å². The summed E-state index contributed by atoms with van der Waals surface area (Å²) in [6.45, 7) is 10.3. The van der Waals surface area contributed by atoms with E-state index in [-0.39, 0.29) is 5.56 Å². The van der Waals surface area contributed by atoms with Crippen molar-refractivity contribution < 1.29 is 4.74 Å². The van der Waals surface area contributed by atoms with E-state index in [0.717, 1.165) is 74.7 Å². The predicted molar refractivity (Wildman–Crippen MR) is 172 cm³/mol. The molecule has 5 aromatic rings. The van der Waals surface area contributed by atoms with Gasteiger partial charge in [-0.15, -0.1) is 11.3 Å². The lowest BCUT2D eigenvalue weighted by atomic mass is 10.0. The smallest absolute Gasteiger partial charge is 0.262 e. The van der Waals surface area contributed by atoms with Crippen molar-refractivity contribution in [3.63, 3.8) is 0 Å². The molecule has 216 valence electrons. The van der Waals surface area contributed by atoms with Gasteiger partial charge in [0.05, 0.1) is 18.8 Å². The highest BCUT2D eigenvalue weighted by Gasteiger charge is 2.25. The van der Waals surface area contributed by atoms with Crippen molar-refractivity contribution in [1.82, 2.24) is 19.4 Å². The van der Waals surface area contributed by atoms with E-state index in [0.29, 0.717) is 6.54 Å². The number of benzene rings is 3. The quantitative estimate of drug-likeness (QED) is 0.261. The predicted octanol–water partition coefficient (Wildman–Crippen LogP) is 5.31. The maximum atomic E-state index is 13.7. The molecule has 7 nitrogen and oxygen atoms in total. The van der Waals surface area contributed by atoms with Crippen molar-refractivity contribution in [2.75, 3.05) is 51.3 Å². The Hall–Kier alpha value is -3.72. The number of fused-ring (bicyclic) bond motifs is 4. The maximum Gasteiger partial charge on any atom is 0.262 e. The Bertz CT molecular complexity index is 1790. The van der Waals surface area contributed by atoms with Gasteiger partial charge in [-0.05, 0) is 47.6 Å². The van der Waals surface area contributed by atoms with Crippen LogP contribution in [0.15, 0.2) is 71.8 Å². The van der Waals surface area contributed by atoms with E-state index in [1.54, 1.807) is 24.8 Å². The molecule has 2 aliphatic rings. The second-order valence-electron chi connectivity index (χ2n) is 11.5. The zero-order chi connectivity index (χ0) is 28.6. The standard InChI is InChI=1S/C34H37N5O2S/c1-24-7-10-26-5-3-4-6-28(26)32(24)38-18-15-36(16-19-38)17-20-39-23-35-33-31(34(39)40)29-22-37(14-13-30(29)42-33)21-25-8-11-27(41-2)12-9-25/h3-12,23H,13-22H2,1-2H3. The Balaban J connectivity index is 1.02. The number of methoxy groups -OCH3 is 1. The topological polar surface area (TPSA) is 53.8 Å². The van der Waals surface area contributed by atoms with Crippen LogP contribution in [0.4, 0.5) is 5.69 Å². The normalized spacial score (nSPS) is 16.3. The molecule has 0 spiro atoms. The number of aryl methyl sites for hydroxylation is 1. The van der Waals surface area contributed by atoms with Crippen LogP contribution in [-0.2, 0) is 26.1 Å². The number of ether oxygens (including phenoxy) is 1. The summed E-state index contributed by atoms with van der Waals surface area (Å²) in [7, 11) is 1.69. The van der Waals surface area contributed by atoms with E-state index < -0.39 is 0 Å². The molecule has 0 radical (unpaired) electrons. The van der Waals surface area contributed by atoms with Crippen LogP contribution in [0.3, 0.4) is 0 Å². The van der Waals surface area contributed by atoms with Gasteiger partial charge in [-0.2, -0.15) is 0 Å². The third kappa shape index (κ3) is 5.19. The van der Waals surface area contributed by atoms with Crippen LogP contribution in [0.25, 0.3) is 21.0 Å². The molecule has 2 aromatic heterocycles. The van der Waals surface area contributed by atoms with Gasteiger partial charge in [0.1, 0.15) is 10.6 Å². The molecule has 0 atom stereocenters. The minimum Gasteiger partial charge on any atom is -0.497 e. The molecule has 0 unspecified atom stereocenters. The molecule has 0 saturated carbocycles. The SMILES string of the molecule is COc1ccc(CN2CCc3sc4ncn(CCN5CCN(c6c(C)ccc7ccccc67)CC5)c(=O)c4c3C2)cc1. The van der Waals surface area contributed by atoms with Gasteiger partial charge >= 0.3 is 0 Å². The number of hydrogen-bond donors (Lipinski definition) is 0. The average Bonchev–Trinajstić information content (AvgIpc) is 3.40.